The summed E-state index contributed by atoms with van der Waals surface area (Å²) in [6.07, 6.45) is 3.63. The topological polar surface area (TPSA) is 68.3 Å². The van der Waals surface area contributed by atoms with Crippen molar-refractivity contribution in [3.63, 3.8) is 0 Å². The maximum Gasteiger partial charge on any atom is 0.367 e. The smallest absolute Gasteiger partial charge is 0.367 e. The predicted octanol–water partition coefficient (Wildman–Crippen LogP) is 1.85. The van der Waals surface area contributed by atoms with Gasteiger partial charge >= 0.3 is 5.97 Å². The molecular formula is C12H16N2O3S. The average molecular weight is 268 g/mol. The number of nitrogens with zero attached hydrogens (tertiary/aromatic N) is 1. The number of rotatable bonds is 5. The number of aromatic nitrogens is 1. The number of carbonyl (C=O) groups excluding carboxylic acids is 2. The van der Waals surface area contributed by atoms with Crippen molar-refractivity contribution in [3.8, 4) is 0 Å². The highest BCUT2D eigenvalue weighted by molar-refractivity contribution is 7.11. The summed E-state index contributed by atoms with van der Waals surface area (Å²) in [6, 6.07) is 0. The van der Waals surface area contributed by atoms with Gasteiger partial charge in [-0.1, -0.05) is 6.42 Å². The number of ether oxygens (including phenoxy) is 1. The Hall–Kier alpha value is -1.43. The van der Waals surface area contributed by atoms with Crippen molar-refractivity contribution in [1.29, 1.82) is 0 Å². The van der Waals surface area contributed by atoms with Crippen LogP contribution in [-0.4, -0.2) is 30.0 Å². The normalized spacial score (nSPS) is 14.9. The van der Waals surface area contributed by atoms with Gasteiger partial charge in [-0.05, 0) is 25.7 Å². The molecule has 1 aliphatic carbocycles. The lowest BCUT2D eigenvalue weighted by molar-refractivity contribution is 0.0526. The van der Waals surface area contributed by atoms with Gasteiger partial charge in [0.05, 0.1) is 6.61 Å². The zero-order valence-electron chi connectivity index (χ0n) is 10.3. The van der Waals surface area contributed by atoms with Crippen LogP contribution in [0.25, 0.3) is 0 Å². The third-order valence-corrected chi connectivity index (χ3v) is 3.79. The van der Waals surface area contributed by atoms with Gasteiger partial charge in [0, 0.05) is 11.9 Å². The van der Waals surface area contributed by atoms with Gasteiger partial charge in [-0.15, -0.1) is 11.3 Å². The first-order valence-corrected chi connectivity index (χ1v) is 6.99. The molecule has 0 bridgehead atoms. The Balaban J connectivity index is 1.87. The molecule has 0 aliphatic heterocycles. The van der Waals surface area contributed by atoms with E-state index < -0.39 is 5.97 Å². The van der Waals surface area contributed by atoms with E-state index in [0.717, 1.165) is 11.3 Å². The second kappa shape index (κ2) is 5.95. The summed E-state index contributed by atoms with van der Waals surface area (Å²) in [5, 5.41) is 4.65. The summed E-state index contributed by atoms with van der Waals surface area (Å²) < 4.78 is 4.82. The first kappa shape index (κ1) is 13.0. The molecule has 0 spiro atoms. The summed E-state index contributed by atoms with van der Waals surface area (Å²) in [4.78, 5) is 27.1. The fraction of sp³-hybridized carbons (Fsp3) is 0.583. The van der Waals surface area contributed by atoms with E-state index in [1.54, 1.807) is 12.3 Å². The molecule has 1 saturated carbocycles. The third-order valence-electron chi connectivity index (χ3n) is 2.96. The number of thiazole rings is 1. The molecule has 98 valence electrons. The van der Waals surface area contributed by atoms with Crippen LogP contribution in [0, 0.1) is 5.92 Å². The minimum Gasteiger partial charge on any atom is -0.461 e. The van der Waals surface area contributed by atoms with E-state index in [1.807, 2.05) is 0 Å². The Morgan fingerprint density at radius 3 is 2.94 bits per heavy atom. The summed E-state index contributed by atoms with van der Waals surface area (Å²) >= 11 is 1.13. The Morgan fingerprint density at radius 2 is 2.33 bits per heavy atom. The van der Waals surface area contributed by atoms with Crippen LogP contribution >= 0.6 is 11.3 Å². The zero-order valence-corrected chi connectivity index (χ0v) is 11.1. The summed E-state index contributed by atoms with van der Waals surface area (Å²) in [7, 11) is 0. The van der Waals surface area contributed by atoms with E-state index in [2.05, 4.69) is 10.3 Å². The van der Waals surface area contributed by atoms with Crippen molar-refractivity contribution < 1.29 is 14.3 Å². The van der Waals surface area contributed by atoms with Crippen LogP contribution in [0.1, 0.15) is 46.5 Å². The van der Waals surface area contributed by atoms with Crippen molar-refractivity contribution in [2.45, 2.75) is 26.2 Å². The second-order valence-electron chi connectivity index (χ2n) is 4.27. The minimum atomic E-state index is -0.472. The summed E-state index contributed by atoms with van der Waals surface area (Å²) in [5.41, 5.74) is 0.294. The number of hydrogen-bond donors (Lipinski definition) is 1. The largest absolute Gasteiger partial charge is 0.461 e. The van der Waals surface area contributed by atoms with E-state index in [0.29, 0.717) is 24.8 Å². The molecule has 0 atom stereocenters. The van der Waals surface area contributed by atoms with E-state index in [1.165, 1.54) is 19.3 Å². The van der Waals surface area contributed by atoms with Crippen LogP contribution in [-0.2, 0) is 4.74 Å². The van der Waals surface area contributed by atoms with Gasteiger partial charge in [0.25, 0.3) is 5.91 Å². The molecule has 1 amide bonds. The van der Waals surface area contributed by atoms with E-state index in [-0.39, 0.29) is 10.9 Å². The summed E-state index contributed by atoms with van der Waals surface area (Å²) in [6.45, 7) is 2.74. The second-order valence-corrected chi connectivity index (χ2v) is 5.12. The molecule has 0 saturated heterocycles. The molecule has 1 aromatic heterocycles. The monoisotopic (exact) mass is 268 g/mol. The molecule has 0 aromatic carbocycles. The highest BCUT2D eigenvalue weighted by Crippen LogP contribution is 2.25. The van der Waals surface area contributed by atoms with Gasteiger partial charge in [-0.2, -0.15) is 0 Å². The first-order valence-electron chi connectivity index (χ1n) is 6.11. The molecular weight excluding hydrogens is 252 g/mol. The van der Waals surface area contributed by atoms with Crippen LogP contribution < -0.4 is 5.32 Å². The van der Waals surface area contributed by atoms with Crippen LogP contribution in [0.15, 0.2) is 5.38 Å². The lowest BCUT2D eigenvalue weighted by atomic mass is 9.85. The van der Waals surface area contributed by atoms with E-state index in [4.69, 9.17) is 4.74 Å². The maximum absolute atomic E-state index is 11.8. The van der Waals surface area contributed by atoms with Crippen molar-refractivity contribution in [1.82, 2.24) is 10.3 Å². The molecule has 1 aliphatic rings. The van der Waals surface area contributed by atoms with Gasteiger partial charge in [0.15, 0.2) is 0 Å². The molecule has 1 fully saturated rings. The van der Waals surface area contributed by atoms with Crippen LogP contribution in [0.3, 0.4) is 0 Å². The predicted molar refractivity (Wildman–Crippen MR) is 67.7 cm³/mol. The number of nitrogens with one attached hydrogen (secondary N) is 1. The number of amides is 1. The Kier molecular flexibility index (Phi) is 4.30. The minimum absolute atomic E-state index is 0.214. The molecule has 6 heteroatoms. The quantitative estimate of drug-likeness (QED) is 0.827. The van der Waals surface area contributed by atoms with Crippen molar-refractivity contribution >= 4 is 23.2 Å². The lowest BCUT2D eigenvalue weighted by Gasteiger charge is -2.25. The lowest BCUT2D eigenvalue weighted by Crippen LogP contribution is -2.32. The van der Waals surface area contributed by atoms with Crippen LogP contribution in [0.4, 0.5) is 0 Å². The van der Waals surface area contributed by atoms with Crippen molar-refractivity contribution in [2.24, 2.45) is 5.92 Å². The van der Waals surface area contributed by atoms with Gasteiger partial charge < -0.3 is 10.1 Å². The van der Waals surface area contributed by atoms with Gasteiger partial charge in [-0.3, -0.25) is 4.79 Å². The molecule has 0 radical (unpaired) electrons. The Labute approximate surface area is 110 Å². The number of carbonyl (C=O) groups is 2. The van der Waals surface area contributed by atoms with Crippen LogP contribution in [0.5, 0.6) is 0 Å². The molecule has 5 nitrogen and oxygen atoms in total. The molecule has 0 unspecified atom stereocenters. The van der Waals surface area contributed by atoms with Gasteiger partial charge in [0.2, 0.25) is 5.01 Å². The van der Waals surface area contributed by atoms with Gasteiger partial charge in [0.1, 0.15) is 5.69 Å². The van der Waals surface area contributed by atoms with Crippen molar-refractivity contribution in [3.05, 3.63) is 16.1 Å². The van der Waals surface area contributed by atoms with E-state index in [9.17, 15) is 9.59 Å². The Bertz CT molecular complexity index is 440. The molecule has 1 N–H and O–H groups in total. The average Bonchev–Trinajstić information content (AvgIpc) is 2.76. The molecule has 1 heterocycles. The number of hydrogen-bond acceptors (Lipinski definition) is 5. The van der Waals surface area contributed by atoms with Crippen LogP contribution in [0.2, 0.25) is 0 Å². The first-order chi connectivity index (χ1) is 8.70. The molecule has 1 aromatic rings. The van der Waals surface area contributed by atoms with Gasteiger partial charge in [-0.25, -0.2) is 9.78 Å². The standard InChI is InChI=1S/C12H16N2O3S/c1-2-17-12(16)11-14-9(7-18-11)10(15)13-6-8-4-3-5-8/h7-8H,2-6H2,1H3,(H,13,15). The highest BCUT2D eigenvalue weighted by Gasteiger charge is 2.20. The highest BCUT2D eigenvalue weighted by atomic mass is 32.1. The molecule has 18 heavy (non-hydrogen) atoms. The van der Waals surface area contributed by atoms with Crippen molar-refractivity contribution in [2.75, 3.05) is 13.2 Å². The summed E-state index contributed by atoms with van der Waals surface area (Å²) in [5.74, 6) is -0.0774. The molecule has 2 rings (SSSR count). The van der Waals surface area contributed by atoms with E-state index >= 15 is 0 Å². The zero-order chi connectivity index (χ0) is 13.0. The maximum atomic E-state index is 11.8. The third kappa shape index (κ3) is 3.07. The Morgan fingerprint density at radius 1 is 1.56 bits per heavy atom. The number of esters is 1. The fourth-order valence-corrected chi connectivity index (χ4v) is 2.38. The SMILES string of the molecule is CCOC(=O)c1nc(C(=O)NCC2CCC2)cs1. The fourth-order valence-electron chi connectivity index (χ4n) is 1.69.